The number of nitrogens with zero attached hydrogens (tertiary/aromatic N) is 2. The Labute approximate surface area is 169 Å². The summed E-state index contributed by atoms with van der Waals surface area (Å²) in [4.78, 5) is 13.3. The molecule has 0 saturated carbocycles. The minimum atomic E-state index is -0.137. The third-order valence-electron chi connectivity index (χ3n) is 4.72. The molecule has 1 heterocycles. The molecule has 0 radical (unpaired) electrons. The number of aryl methyl sites for hydroxylation is 2. The minimum Gasteiger partial charge on any atom is -0.295 e. The predicted molar refractivity (Wildman–Crippen MR) is 118 cm³/mol. The molecule has 0 saturated heterocycles. The molecule has 2 N–H and O–H groups in total. The molecular weight excluding hydrogens is 360 g/mol. The number of benzene rings is 3. The van der Waals surface area contributed by atoms with Crippen LogP contribution in [-0.4, -0.2) is 15.5 Å². The molecule has 1 aromatic heterocycles. The van der Waals surface area contributed by atoms with Gasteiger partial charge in [-0.1, -0.05) is 66.2 Å². The Morgan fingerprint density at radius 2 is 1.48 bits per heavy atom. The molecule has 0 fully saturated rings. The maximum Gasteiger partial charge on any atom is 0.281 e. The van der Waals surface area contributed by atoms with Crippen molar-refractivity contribution in [3.05, 3.63) is 118 Å². The van der Waals surface area contributed by atoms with Gasteiger partial charge in [-0.25, -0.2) is 4.68 Å². The number of rotatable bonds is 5. The second-order valence-electron chi connectivity index (χ2n) is 6.89. The molecule has 0 aliphatic heterocycles. The van der Waals surface area contributed by atoms with Crippen LogP contribution in [-0.2, 0) is 0 Å². The molecule has 0 spiro atoms. The summed E-state index contributed by atoms with van der Waals surface area (Å²) < 4.78 is 1.55. The molecule has 0 aliphatic rings. The van der Waals surface area contributed by atoms with Crippen molar-refractivity contribution in [2.75, 3.05) is 5.43 Å². The smallest absolute Gasteiger partial charge is 0.281 e. The van der Waals surface area contributed by atoms with E-state index in [0.29, 0.717) is 11.3 Å². The number of H-pyrrole nitrogens is 1. The quantitative estimate of drug-likeness (QED) is 0.390. The SMILES string of the molecule is Cc1ccc(N/N=C(\c2ccccc2)c2c(C)[nH]n(-c3ccccc3)c2=O)cc1. The van der Waals surface area contributed by atoms with Gasteiger partial charge < -0.3 is 0 Å². The van der Waals surface area contributed by atoms with Gasteiger partial charge in [0.05, 0.1) is 16.9 Å². The van der Waals surface area contributed by atoms with E-state index >= 15 is 0 Å². The summed E-state index contributed by atoms with van der Waals surface area (Å²) >= 11 is 0. The molecular formula is C24H22N4O. The summed E-state index contributed by atoms with van der Waals surface area (Å²) in [5.74, 6) is 0. The summed E-state index contributed by atoms with van der Waals surface area (Å²) in [7, 11) is 0. The van der Waals surface area contributed by atoms with Crippen LogP contribution < -0.4 is 11.0 Å². The maximum atomic E-state index is 13.3. The van der Waals surface area contributed by atoms with Gasteiger partial charge in [0, 0.05) is 11.3 Å². The zero-order valence-electron chi connectivity index (χ0n) is 16.4. The lowest BCUT2D eigenvalue weighted by atomic mass is 10.0. The summed E-state index contributed by atoms with van der Waals surface area (Å²) in [6.45, 7) is 3.93. The van der Waals surface area contributed by atoms with Gasteiger partial charge in [-0.3, -0.25) is 15.3 Å². The van der Waals surface area contributed by atoms with Gasteiger partial charge in [-0.2, -0.15) is 5.10 Å². The van der Waals surface area contributed by atoms with Gasteiger partial charge in [0.1, 0.15) is 5.71 Å². The fraction of sp³-hybridized carbons (Fsp3) is 0.0833. The number of anilines is 1. The van der Waals surface area contributed by atoms with Crippen LogP contribution in [0.2, 0.25) is 0 Å². The normalized spacial score (nSPS) is 11.4. The monoisotopic (exact) mass is 382 g/mol. The van der Waals surface area contributed by atoms with Crippen molar-refractivity contribution in [2.24, 2.45) is 5.10 Å². The van der Waals surface area contributed by atoms with Gasteiger partial charge in [0.15, 0.2) is 0 Å². The number of hydrogen-bond donors (Lipinski definition) is 2. The zero-order chi connectivity index (χ0) is 20.2. The molecule has 0 amide bonds. The molecule has 29 heavy (non-hydrogen) atoms. The Morgan fingerprint density at radius 1 is 0.862 bits per heavy atom. The number of aromatic nitrogens is 2. The number of hydrazone groups is 1. The molecule has 5 heteroatoms. The van der Waals surface area contributed by atoms with Crippen LogP contribution in [0.15, 0.2) is 94.8 Å². The van der Waals surface area contributed by atoms with E-state index in [1.807, 2.05) is 98.8 Å². The lowest BCUT2D eigenvalue weighted by Gasteiger charge is -2.07. The highest BCUT2D eigenvalue weighted by Crippen LogP contribution is 2.15. The van der Waals surface area contributed by atoms with E-state index in [9.17, 15) is 4.79 Å². The van der Waals surface area contributed by atoms with Crippen LogP contribution in [0, 0.1) is 13.8 Å². The van der Waals surface area contributed by atoms with E-state index in [2.05, 4.69) is 15.6 Å². The van der Waals surface area contributed by atoms with Crippen molar-refractivity contribution in [1.29, 1.82) is 0 Å². The third-order valence-corrected chi connectivity index (χ3v) is 4.72. The van der Waals surface area contributed by atoms with Crippen molar-refractivity contribution in [2.45, 2.75) is 13.8 Å². The molecule has 0 atom stereocenters. The summed E-state index contributed by atoms with van der Waals surface area (Å²) in [5.41, 5.74) is 8.54. The minimum absolute atomic E-state index is 0.137. The summed E-state index contributed by atoms with van der Waals surface area (Å²) in [5, 5.41) is 7.81. The van der Waals surface area contributed by atoms with Crippen molar-refractivity contribution >= 4 is 11.4 Å². The Bertz CT molecular complexity index is 1190. The largest absolute Gasteiger partial charge is 0.295 e. The Kier molecular flexibility index (Phi) is 5.12. The number of hydrogen-bond acceptors (Lipinski definition) is 3. The molecule has 4 aromatic rings. The average molecular weight is 382 g/mol. The van der Waals surface area contributed by atoms with E-state index in [-0.39, 0.29) is 5.56 Å². The molecule has 0 bridgehead atoms. The first-order valence-electron chi connectivity index (χ1n) is 9.46. The number of nitrogens with one attached hydrogen (secondary N) is 2. The first-order valence-corrected chi connectivity index (χ1v) is 9.46. The van der Waals surface area contributed by atoms with E-state index in [1.165, 1.54) is 5.56 Å². The summed E-state index contributed by atoms with van der Waals surface area (Å²) in [6, 6.07) is 27.2. The zero-order valence-corrected chi connectivity index (χ0v) is 16.4. The van der Waals surface area contributed by atoms with Crippen molar-refractivity contribution < 1.29 is 0 Å². The maximum absolute atomic E-state index is 13.3. The highest BCUT2D eigenvalue weighted by atomic mass is 16.1. The lowest BCUT2D eigenvalue weighted by Crippen LogP contribution is -2.22. The molecule has 4 rings (SSSR count). The predicted octanol–water partition coefficient (Wildman–Crippen LogP) is 4.65. The second-order valence-corrected chi connectivity index (χ2v) is 6.89. The Hall–Kier alpha value is -3.86. The van der Waals surface area contributed by atoms with Crippen LogP contribution in [0.4, 0.5) is 5.69 Å². The van der Waals surface area contributed by atoms with E-state index in [0.717, 1.165) is 22.6 Å². The van der Waals surface area contributed by atoms with Crippen LogP contribution in [0.25, 0.3) is 5.69 Å². The second kappa shape index (κ2) is 8.02. The Balaban J connectivity index is 1.82. The van der Waals surface area contributed by atoms with E-state index < -0.39 is 0 Å². The fourth-order valence-corrected chi connectivity index (χ4v) is 3.19. The van der Waals surface area contributed by atoms with Gasteiger partial charge in [0.25, 0.3) is 5.56 Å². The first-order chi connectivity index (χ1) is 14.1. The summed E-state index contributed by atoms with van der Waals surface area (Å²) in [6.07, 6.45) is 0. The van der Waals surface area contributed by atoms with Crippen LogP contribution >= 0.6 is 0 Å². The van der Waals surface area contributed by atoms with Gasteiger partial charge >= 0.3 is 0 Å². The number of aromatic amines is 1. The molecule has 0 aliphatic carbocycles. The highest BCUT2D eigenvalue weighted by molar-refractivity contribution is 6.13. The van der Waals surface area contributed by atoms with E-state index in [4.69, 9.17) is 0 Å². The van der Waals surface area contributed by atoms with Crippen molar-refractivity contribution in [3.63, 3.8) is 0 Å². The molecule has 0 unspecified atom stereocenters. The third kappa shape index (κ3) is 3.89. The van der Waals surface area contributed by atoms with Crippen LogP contribution in [0.5, 0.6) is 0 Å². The first kappa shape index (κ1) is 18.5. The standard InChI is InChI=1S/C24H22N4O/c1-17-13-15-20(16-14-17)25-26-23(19-9-5-3-6-10-19)22-18(2)27-28(24(22)29)21-11-7-4-8-12-21/h3-16,25,27H,1-2H3/b26-23+. The van der Waals surface area contributed by atoms with Gasteiger partial charge in [0.2, 0.25) is 0 Å². The molecule has 3 aromatic carbocycles. The fourth-order valence-electron chi connectivity index (χ4n) is 3.19. The molecule has 5 nitrogen and oxygen atoms in total. The van der Waals surface area contributed by atoms with Crippen molar-refractivity contribution in [3.8, 4) is 5.69 Å². The number of para-hydroxylation sites is 1. The Morgan fingerprint density at radius 3 is 2.14 bits per heavy atom. The van der Waals surface area contributed by atoms with Crippen LogP contribution in [0.3, 0.4) is 0 Å². The van der Waals surface area contributed by atoms with Gasteiger partial charge in [-0.15, -0.1) is 0 Å². The van der Waals surface area contributed by atoms with E-state index in [1.54, 1.807) is 4.68 Å². The topological polar surface area (TPSA) is 62.2 Å². The van der Waals surface area contributed by atoms with Crippen molar-refractivity contribution in [1.82, 2.24) is 9.78 Å². The lowest BCUT2D eigenvalue weighted by molar-refractivity contribution is 0.835. The average Bonchev–Trinajstić information content (AvgIpc) is 3.05. The van der Waals surface area contributed by atoms with Gasteiger partial charge in [-0.05, 0) is 38.1 Å². The molecule has 144 valence electrons. The highest BCUT2D eigenvalue weighted by Gasteiger charge is 2.19. The van der Waals surface area contributed by atoms with Crippen LogP contribution in [0.1, 0.15) is 22.4 Å².